The van der Waals surface area contributed by atoms with Crippen molar-refractivity contribution in [2.24, 2.45) is 5.73 Å². The molecular formula is C19H20FN5O. The van der Waals surface area contributed by atoms with Gasteiger partial charge in [-0.3, -0.25) is 0 Å². The van der Waals surface area contributed by atoms with Gasteiger partial charge in [-0.05, 0) is 63.1 Å². The summed E-state index contributed by atoms with van der Waals surface area (Å²) in [6.07, 6.45) is 5.56. The van der Waals surface area contributed by atoms with E-state index < -0.39 is 5.54 Å². The van der Waals surface area contributed by atoms with Crippen LogP contribution in [0.1, 0.15) is 48.3 Å². The fraction of sp³-hybridized carbons (Fsp3) is 0.421. The standard InChI is InChI=1S/C19H20FN5O/c1-11-6-7-15(13(20)10-11)25-14-5-2-4-12(14)16(23-25)17-22-18(24-26-17)19(21)8-3-9-19/h6-7,10H,2-5,8-9,21H2,1H3. The molecule has 1 fully saturated rings. The van der Waals surface area contributed by atoms with E-state index in [0.717, 1.165) is 55.3 Å². The minimum Gasteiger partial charge on any atom is -0.332 e. The average molecular weight is 353 g/mol. The number of hydrogen-bond donors (Lipinski definition) is 1. The second-order valence-electron chi connectivity index (χ2n) is 7.43. The van der Waals surface area contributed by atoms with E-state index in [2.05, 4.69) is 15.2 Å². The summed E-state index contributed by atoms with van der Waals surface area (Å²) in [5.41, 5.74) is 9.90. The van der Waals surface area contributed by atoms with Crippen LogP contribution < -0.4 is 5.73 Å². The van der Waals surface area contributed by atoms with Gasteiger partial charge in [0.05, 0.1) is 5.54 Å². The lowest BCUT2D eigenvalue weighted by Gasteiger charge is -2.34. The minimum absolute atomic E-state index is 0.282. The lowest BCUT2D eigenvalue weighted by Crippen LogP contribution is -2.44. The van der Waals surface area contributed by atoms with E-state index in [0.29, 0.717) is 23.1 Å². The summed E-state index contributed by atoms with van der Waals surface area (Å²) in [5, 5.41) is 8.73. The monoisotopic (exact) mass is 353 g/mol. The molecule has 2 N–H and O–H groups in total. The number of halogens is 1. The topological polar surface area (TPSA) is 82.8 Å². The van der Waals surface area contributed by atoms with Crippen molar-refractivity contribution in [2.75, 3.05) is 0 Å². The Hall–Kier alpha value is -2.54. The fourth-order valence-electron chi connectivity index (χ4n) is 3.90. The number of nitrogens with zero attached hydrogens (tertiary/aromatic N) is 4. The highest BCUT2D eigenvalue weighted by molar-refractivity contribution is 5.58. The summed E-state index contributed by atoms with van der Waals surface area (Å²) in [7, 11) is 0. The highest BCUT2D eigenvalue weighted by atomic mass is 19.1. The first-order valence-electron chi connectivity index (χ1n) is 9.06. The van der Waals surface area contributed by atoms with E-state index >= 15 is 0 Å². The van der Waals surface area contributed by atoms with Crippen LogP contribution in [-0.2, 0) is 18.4 Å². The van der Waals surface area contributed by atoms with Crippen LogP contribution in [-0.4, -0.2) is 19.9 Å². The summed E-state index contributed by atoms with van der Waals surface area (Å²) in [5.74, 6) is 0.637. The molecule has 0 radical (unpaired) electrons. The van der Waals surface area contributed by atoms with Crippen LogP contribution in [0.3, 0.4) is 0 Å². The Kier molecular flexibility index (Phi) is 3.31. The van der Waals surface area contributed by atoms with Crippen LogP contribution >= 0.6 is 0 Å². The van der Waals surface area contributed by atoms with Crippen molar-refractivity contribution in [3.8, 4) is 17.3 Å². The molecule has 134 valence electrons. The minimum atomic E-state index is -0.476. The maximum atomic E-state index is 14.5. The molecule has 6 nitrogen and oxygen atoms in total. The number of hydrogen-bond acceptors (Lipinski definition) is 5. The molecule has 0 saturated heterocycles. The number of aromatic nitrogens is 4. The zero-order valence-corrected chi connectivity index (χ0v) is 14.6. The molecule has 0 aliphatic heterocycles. The van der Waals surface area contributed by atoms with Gasteiger partial charge in [0.2, 0.25) is 0 Å². The summed E-state index contributed by atoms with van der Waals surface area (Å²) in [6, 6.07) is 5.18. The Morgan fingerprint density at radius 2 is 2.08 bits per heavy atom. The Labute approximate surface area is 150 Å². The molecule has 1 saturated carbocycles. The molecule has 26 heavy (non-hydrogen) atoms. The van der Waals surface area contributed by atoms with Crippen LogP contribution in [0.15, 0.2) is 22.7 Å². The van der Waals surface area contributed by atoms with Gasteiger partial charge in [-0.2, -0.15) is 10.1 Å². The maximum Gasteiger partial charge on any atom is 0.278 e. The van der Waals surface area contributed by atoms with Crippen LogP contribution in [0.2, 0.25) is 0 Å². The quantitative estimate of drug-likeness (QED) is 0.782. The highest BCUT2D eigenvalue weighted by Crippen LogP contribution is 2.39. The van der Waals surface area contributed by atoms with E-state index in [1.54, 1.807) is 10.7 Å². The molecule has 2 aromatic heterocycles. The predicted octanol–water partition coefficient (Wildman–Crippen LogP) is 3.20. The first kappa shape index (κ1) is 15.7. The molecule has 7 heteroatoms. The molecule has 0 unspecified atom stereocenters. The molecular weight excluding hydrogens is 333 g/mol. The van der Waals surface area contributed by atoms with Crippen molar-refractivity contribution >= 4 is 0 Å². The van der Waals surface area contributed by atoms with Gasteiger partial charge in [-0.15, -0.1) is 0 Å². The maximum absolute atomic E-state index is 14.5. The van der Waals surface area contributed by atoms with Gasteiger partial charge >= 0.3 is 0 Å². The average Bonchev–Trinajstić information content (AvgIpc) is 3.29. The third kappa shape index (κ3) is 2.23. The van der Waals surface area contributed by atoms with Crippen LogP contribution in [0.4, 0.5) is 4.39 Å². The molecule has 2 heterocycles. The van der Waals surface area contributed by atoms with Gasteiger partial charge in [0.15, 0.2) is 11.5 Å². The normalized spacial score (nSPS) is 18.0. The van der Waals surface area contributed by atoms with Gasteiger partial charge < -0.3 is 10.3 Å². The summed E-state index contributed by atoms with van der Waals surface area (Å²) in [6.45, 7) is 1.87. The molecule has 1 aromatic carbocycles. The van der Waals surface area contributed by atoms with Gasteiger partial charge in [-0.1, -0.05) is 11.2 Å². The number of nitrogens with two attached hydrogens (primary N) is 1. The molecule has 2 aliphatic rings. The van der Waals surface area contributed by atoms with Crippen LogP contribution in [0.5, 0.6) is 0 Å². The van der Waals surface area contributed by atoms with Crippen molar-refractivity contribution in [3.05, 3.63) is 46.7 Å². The largest absolute Gasteiger partial charge is 0.332 e. The van der Waals surface area contributed by atoms with Gasteiger partial charge in [0, 0.05) is 11.3 Å². The lowest BCUT2D eigenvalue weighted by atomic mass is 9.77. The summed E-state index contributed by atoms with van der Waals surface area (Å²) in [4.78, 5) is 4.52. The van der Waals surface area contributed by atoms with Crippen molar-refractivity contribution < 1.29 is 8.91 Å². The van der Waals surface area contributed by atoms with Crippen molar-refractivity contribution in [1.29, 1.82) is 0 Å². The van der Waals surface area contributed by atoms with Crippen LogP contribution in [0, 0.1) is 12.7 Å². The fourth-order valence-corrected chi connectivity index (χ4v) is 3.90. The molecule has 0 bridgehead atoms. The number of fused-ring (bicyclic) bond motifs is 1. The summed E-state index contributed by atoms with van der Waals surface area (Å²) < 4.78 is 21.7. The van der Waals surface area contributed by atoms with Gasteiger partial charge in [0.1, 0.15) is 11.5 Å². The molecule has 3 aromatic rings. The van der Waals surface area contributed by atoms with E-state index in [9.17, 15) is 4.39 Å². The third-order valence-electron chi connectivity index (χ3n) is 5.58. The van der Waals surface area contributed by atoms with Crippen molar-refractivity contribution in [2.45, 2.75) is 51.0 Å². The first-order valence-corrected chi connectivity index (χ1v) is 9.06. The SMILES string of the molecule is Cc1ccc(-n2nc(-c3nc(C4(N)CCC4)no3)c3c2CCC3)c(F)c1. The Balaban J connectivity index is 1.61. The van der Waals surface area contributed by atoms with Crippen molar-refractivity contribution in [1.82, 2.24) is 19.9 Å². The molecule has 2 aliphatic carbocycles. The van der Waals surface area contributed by atoms with E-state index in [1.807, 2.05) is 13.0 Å². The first-order chi connectivity index (χ1) is 12.5. The second-order valence-corrected chi connectivity index (χ2v) is 7.43. The van der Waals surface area contributed by atoms with Gasteiger partial charge in [-0.25, -0.2) is 9.07 Å². The number of benzene rings is 1. The van der Waals surface area contributed by atoms with Crippen molar-refractivity contribution in [3.63, 3.8) is 0 Å². The Morgan fingerprint density at radius 3 is 2.81 bits per heavy atom. The molecule has 0 amide bonds. The summed E-state index contributed by atoms with van der Waals surface area (Å²) >= 11 is 0. The number of aryl methyl sites for hydroxylation is 1. The van der Waals surface area contributed by atoms with E-state index in [1.165, 1.54) is 6.07 Å². The highest BCUT2D eigenvalue weighted by Gasteiger charge is 2.39. The smallest absolute Gasteiger partial charge is 0.278 e. The van der Waals surface area contributed by atoms with Crippen LogP contribution in [0.25, 0.3) is 17.3 Å². The second kappa shape index (κ2) is 5.48. The number of rotatable bonds is 3. The molecule has 5 rings (SSSR count). The Morgan fingerprint density at radius 1 is 1.23 bits per heavy atom. The lowest BCUT2D eigenvalue weighted by molar-refractivity contribution is 0.229. The van der Waals surface area contributed by atoms with Gasteiger partial charge in [0.25, 0.3) is 5.89 Å². The zero-order chi connectivity index (χ0) is 17.9. The zero-order valence-electron chi connectivity index (χ0n) is 14.6. The third-order valence-corrected chi connectivity index (χ3v) is 5.58. The molecule has 0 atom stereocenters. The predicted molar refractivity (Wildman–Crippen MR) is 93.3 cm³/mol. The molecule has 0 spiro atoms. The van der Waals surface area contributed by atoms with E-state index in [4.69, 9.17) is 10.3 Å². The van der Waals surface area contributed by atoms with E-state index in [-0.39, 0.29) is 5.82 Å². The Bertz CT molecular complexity index is 1000.